The first kappa shape index (κ1) is 31.0. The largest absolute Gasteiger partial charge is 0.493 e. The molecule has 3 amide bonds. The highest BCUT2D eigenvalue weighted by molar-refractivity contribution is 6.02. The number of carbonyl (C=O) groups is 3. The Balaban J connectivity index is 1.82. The first-order valence-corrected chi connectivity index (χ1v) is 13.9. The Morgan fingerprint density at radius 1 is 0.860 bits per heavy atom. The molecule has 0 spiro atoms. The highest BCUT2D eigenvalue weighted by Gasteiger charge is 2.37. The maximum absolute atomic E-state index is 14.3. The molecule has 0 aliphatic heterocycles. The van der Waals surface area contributed by atoms with Crippen molar-refractivity contribution >= 4 is 28.6 Å². The summed E-state index contributed by atoms with van der Waals surface area (Å²) in [5.41, 5.74) is 1.62. The van der Waals surface area contributed by atoms with E-state index in [1.807, 2.05) is 75.4 Å². The van der Waals surface area contributed by atoms with E-state index in [9.17, 15) is 14.4 Å². The van der Waals surface area contributed by atoms with Crippen LogP contribution in [0.25, 0.3) is 10.9 Å². The number of carbonyl (C=O) groups excluding carboxylic acids is 3. The van der Waals surface area contributed by atoms with Crippen LogP contribution in [0.5, 0.6) is 17.2 Å². The van der Waals surface area contributed by atoms with Crippen LogP contribution in [0.15, 0.2) is 72.8 Å². The SMILES string of the molecule is COc1cc(C(C(=O)NC(C)(C)C)N(CC(=O)NCc2ccccc2)C(=O)c2cc3ccccc3[nH]2)cc(OC)c1OC. The van der Waals surface area contributed by atoms with Gasteiger partial charge in [0.2, 0.25) is 17.6 Å². The van der Waals surface area contributed by atoms with Crippen LogP contribution in [0.3, 0.4) is 0 Å². The maximum atomic E-state index is 14.3. The molecule has 1 atom stereocenters. The van der Waals surface area contributed by atoms with Crippen molar-refractivity contribution < 1.29 is 28.6 Å². The van der Waals surface area contributed by atoms with Crippen molar-refractivity contribution in [3.05, 3.63) is 89.6 Å². The van der Waals surface area contributed by atoms with Crippen molar-refractivity contribution in [2.75, 3.05) is 27.9 Å². The number of hydrogen-bond acceptors (Lipinski definition) is 6. The van der Waals surface area contributed by atoms with E-state index in [1.165, 1.54) is 26.2 Å². The van der Waals surface area contributed by atoms with Gasteiger partial charge in [-0.3, -0.25) is 14.4 Å². The second-order valence-corrected chi connectivity index (χ2v) is 11.1. The summed E-state index contributed by atoms with van der Waals surface area (Å²) >= 11 is 0. The van der Waals surface area contributed by atoms with Gasteiger partial charge in [0.05, 0.1) is 21.3 Å². The number of benzene rings is 3. The van der Waals surface area contributed by atoms with E-state index in [0.717, 1.165) is 16.5 Å². The monoisotopic (exact) mass is 586 g/mol. The third kappa shape index (κ3) is 7.45. The molecule has 0 bridgehead atoms. The molecular weight excluding hydrogens is 548 g/mol. The van der Waals surface area contributed by atoms with Gasteiger partial charge in [-0.15, -0.1) is 0 Å². The highest BCUT2D eigenvalue weighted by Crippen LogP contribution is 2.41. The lowest BCUT2D eigenvalue weighted by atomic mass is 10.00. The second kappa shape index (κ2) is 13.3. The number of H-pyrrole nitrogens is 1. The van der Waals surface area contributed by atoms with Gasteiger partial charge in [0.15, 0.2) is 11.5 Å². The van der Waals surface area contributed by atoms with E-state index in [4.69, 9.17) is 14.2 Å². The number of amides is 3. The van der Waals surface area contributed by atoms with Crippen LogP contribution in [-0.4, -0.2) is 61.0 Å². The molecule has 1 unspecified atom stereocenters. The first-order chi connectivity index (χ1) is 20.5. The van der Waals surface area contributed by atoms with Gasteiger partial charge in [-0.05, 0) is 56.2 Å². The summed E-state index contributed by atoms with van der Waals surface area (Å²) in [5, 5.41) is 6.68. The summed E-state index contributed by atoms with van der Waals surface area (Å²) in [7, 11) is 4.41. The zero-order valence-electron chi connectivity index (χ0n) is 25.3. The van der Waals surface area contributed by atoms with E-state index in [1.54, 1.807) is 18.2 Å². The standard InChI is InChI=1S/C33H38N4O6/c1-33(2,3)36-31(39)29(23-17-26(41-4)30(43-6)27(18-23)42-5)37(20-28(38)34-19-21-12-8-7-9-13-21)32(40)25-16-22-14-10-11-15-24(22)35-25/h7-18,29,35H,19-20H2,1-6H3,(H,34,38)(H,36,39). The maximum Gasteiger partial charge on any atom is 0.271 e. The molecule has 3 aromatic carbocycles. The van der Waals surface area contributed by atoms with Gasteiger partial charge in [0.25, 0.3) is 5.91 Å². The Kier molecular flexibility index (Phi) is 9.59. The number of para-hydroxylation sites is 1. The van der Waals surface area contributed by atoms with E-state index in [0.29, 0.717) is 22.8 Å². The number of fused-ring (bicyclic) bond motifs is 1. The van der Waals surface area contributed by atoms with E-state index in [-0.39, 0.29) is 12.2 Å². The number of ether oxygens (including phenoxy) is 3. The minimum absolute atomic E-state index is 0.234. The molecule has 3 N–H and O–H groups in total. The van der Waals surface area contributed by atoms with Crippen molar-refractivity contribution in [1.82, 2.24) is 20.5 Å². The fraction of sp³-hybridized carbons (Fsp3) is 0.303. The smallest absolute Gasteiger partial charge is 0.271 e. The normalized spacial score (nSPS) is 11.9. The summed E-state index contributed by atoms with van der Waals surface area (Å²) in [6, 6.07) is 20.6. The molecule has 4 rings (SSSR count). The molecule has 0 saturated carbocycles. The minimum Gasteiger partial charge on any atom is -0.493 e. The molecule has 43 heavy (non-hydrogen) atoms. The lowest BCUT2D eigenvalue weighted by Gasteiger charge is -2.33. The lowest BCUT2D eigenvalue weighted by molar-refractivity contribution is -0.129. The molecule has 0 aliphatic rings. The Morgan fingerprint density at radius 2 is 1.49 bits per heavy atom. The number of methoxy groups -OCH3 is 3. The first-order valence-electron chi connectivity index (χ1n) is 13.9. The van der Waals surface area contributed by atoms with Crippen LogP contribution >= 0.6 is 0 Å². The molecule has 0 radical (unpaired) electrons. The van der Waals surface area contributed by atoms with Gasteiger partial charge in [-0.1, -0.05) is 48.5 Å². The van der Waals surface area contributed by atoms with Crippen LogP contribution in [0.1, 0.15) is 48.4 Å². The molecule has 4 aromatic rings. The molecule has 1 heterocycles. The molecule has 10 nitrogen and oxygen atoms in total. The fourth-order valence-electron chi connectivity index (χ4n) is 4.80. The molecule has 0 saturated heterocycles. The van der Waals surface area contributed by atoms with Crippen LogP contribution < -0.4 is 24.8 Å². The summed E-state index contributed by atoms with van der Waals surface area (Å²) in [6.45, 7) is 5.38. The Bertz CT molecular complexity index is 1530. The minimum atomic E-state index is -1.24. The fourth-order valence-corrected chi connectivity index (χ4v) is 4.80. The van der Waals surface area contributed by atoms with Crippen molar-refractivity contribution in [2.24, 2.45) is 0 Å². The Morgan fingerprint density at radius 3 is 2.07 bits per heavy atom. The third-order valence-corrected chi connectivity index (χ3v) is 6.73. The van der Waals surface area contributed by atoms with Gasteiger partial charge in [-0.2, -0.15) is 0 Å². The Hall–Kier alpha value is -4.99. The summed E-state index contributed by atoms with van der Waals surface area (Å²) < 4.78 is 16.6. The van der Waals surface area contributed by atoms with Crippen LogP contribution in [0.2, 0.25) is 0 Å². The van der Waals surface area contributed by atoms with Gasteiger partial charge < -0.3 is 34.7 Å². The lowest BCUT2D eigenvalue weighted by Crippen LogP contribution is -2.51. The van der Waals surface area contributed by atoms with Crippen molar-refractivity contribution in [3.8, 4) is 17.2 Å². The van der Waals surface area contributed by atoms with Crippen LogP contribution in [-0.2, 0) is 16.1 Å². The average Bonchev–Trinajstić information content (AvgIpc) is 3.43. The zero-order valence-corrected chi connectivity index (χ0v) is 25.3. The molecule has 0 aliphatic carbocycles. The molecular formula is C33H38N4O6. The quantitative estimate of drug-likeness (QED) is 0.236. The number of aromatic amines is 1. The van der Waals surface area contributed by atoms with Crippen molar-refractivity contribution in [3.63, 3.8) is 0 Å². The third-order valence-electron chi connectivity index (χ3n) is 6.73. The predicted octanol–water partition coefficient (Wildman–Crippen LogP) is 4.61. The summed E-state index contributed by atoms with van der Waals surface area (Å²) in [5.74, 6) is -0.517. The van der Waals surface area contributed by atoms with Gasteiger partial charge in [0.1, 0.15) is 18.3 Å². The van der Waals surface area contributed by atoms with Gasteiger partial charge >= 0.3 is 0 Å². The molecule has 0 fully saturated rings. The molecule has 1 aromatic heterocycles. The predicted molar refractivity (Wildman–Crippen MR) is 164 cm³/mol. The number of hydrogen-bond donors (Lipinski definition) is 3. The zero-order chi connectivity index (χ0) is 31.1. The summed E-state index contributed by atoms with van der Waals surface area (Å²) in [6.07, 6.45) is 0. The van der Waals surface area contributed by atoms with E-state index >= 15 is 0 Å². The number of nitrogens with one attached hydrogen (secondary N) is 3. The number of nitrogens with zero attached hydrogens (tertiary/aromatic N) is 1. The second-order valence-electron chi connectivity index (χ2n) is 11.1. The van der Waals surface area contributed by atoms with E-state index < -0.39 is 35.8 Å². The van der Waals surface area contributed by atoms with Crippen molar-refractivity contribution in [1.29, 1.82) is 0 Å². The van der Waals surface area contributed by atoms with Crippen LogP contribution in [0.4, 0.5) is 0 Å². The van der Waals surface area contributed by atoms with Crippen molar-refractivity contribution in [2.45, 2.75) is 38.9 Å². The highest BCUT2D eigenvalue weighted by atomic mass is 16.5. The number of aromatic nitrogens is 1. The average molecular weight is 587 g/mol. The Labute approximate surface area is 251 Å². The molecule has 226 valence electrons. The van der Waals surface area contributed by atoms with Crippen LogP contribution in [0, 0.1) is 0 Å². The molecule has 10 heteroatoms. The van der Waals surface area contributed by atoms with Gasteiger partial charge in [-0.25, -0.2) is 0 Å². The number of rotatable bonds is 11. The van der Waals surface area contributed by atoms with E-state index in [2.05, 4.69) is 15.6 Å². The summed E-state index contributed by atoms with van der Waals surface area (Å²) in [4.78, 5) is 46.2. The topological polar surface area (TPSA) is 122 Å². The van der Waals surface area contributed by atoms with Gasteiger partial charge in [0, 0.05) is 23.0 Å².